The normalized spacial score (nSPS) is 22.4. The molecule has 1 amide bonds. The third-order valence-corrected chi connectivity index (χ3v) is 7.34. The monoisotopic (exact) mass is 494 g/mol. The number of fused-ring (bicyclic) bond motifs is 5. The molecule has 1 unspecified atom stereocenters. The van der Waals surface area contributed by atoms with Crippen molar-refractivity contribution in [2.24, 2.45) is 0 Å². The molecule has 2 saturated heterocycles. The van der Waals surface area contributed by atoms with Crippen molar-refractivity contribution in [3.63, 3.8) is 0 Å². The topological polar surface area (TPSA) is 87.0 Å². The van der Waals surface area contributed by atoms with E-state index in [1.807, 2.05) is 36.4 Å². The van der Waals surface area contributed by atoms with Gasteiger partial charge in [-0.05, 0) is 18.2 Å². The van der Waals surface area contributed by atoms with E-state index in [9.17, 15) is 9.90 Å². The van der Waals surface area contributed by atoms with E-state index in [4.69, 9.17) is 26.4 Å². The van der Waals surface area contributed by atoms with Crippen LogP contribution in [0.1, 0.15) is 27.6 Å². The van der Waals surface area contributed by atoms with Crippen LogP contribution in [-0.4, -0.2) is 93.0 Å². The van der Waals surface area contributed by atoms with E-state index in [0.29, 0.717) is 50.2 Å². The molecule has 0 bridgehead atoms. The number of ether oxygens (including phenoxy) is 1. The van der Waals surface area contributed by atoms with Crippen LogP contribution in [0.2, 0.25) is 5.02 Å². The van der Waals surface area contributed by atoms with Crippen molar-refractivity contribution in [3.8, 4) is 5.69 Å². The summed E-state index contributed by atoms with van der Waals surface area (Å²) in [6.07, 6.45) is 0. The van der Waals surface area contributed by atoms with Crippen LogP contribution < -0.4 is 0 Å². The molecule has 1 atom stereocenters. The van der Waals surface area contributed by atoms with Crippen molar-refractivity contribution in [2.45, 2.75) is 12.3 Å². The van der Waals surface area contributed by atoms with Gasteiger partial charge in [-0.2, -0.15) is 0 Å². The maximum Gasteiger partial charge on any atom is 0.293 e. The van der Waals surface area contributed by atoms with E-state index in [2.05, 4.69) is 21.9 Å². The number of aromatic nitrogens is 3. The zero-order valence-electron chi connectivity index (χ0n) is 19.3. The summed E-state index contributed by atoms with van der Waals surface area (Å²) >= 11 is 6.49. The highest BCUT2D eigenvalue weighted by molar-refractivity contribution is 6.30. The first-order chi connectivity index (χ1) is 17.1. The third-order valence-electron chi connectivity index (χ3n) is 7.11. The molecule has 10 heteroatoms. The van der Waals surface area contributed by atoms with Gasteiger partial charge in [0.05, 0.1) is 25.4 Å². The third kappa shape index (κ3) is 3.75. The standard InChI is InChI=1S/C25H27ClN6O3/c26-19-6-7-21-20(16-19)25(18-4-2-1-3-5-18)31(13-15-35-25)17-22-27-23(28-32(21)22)24(34)30-10-8-29(9-11-30)12-14-33/h1-7,16,33H,8-15,17H2. The van der Waals surface area contributed by atoms with Gasteiger partial charge in [-0.1, -0.05) is 41.9 Å². The fourth-order valence-electron chi connectivity index (χ4n) is 5.40. The van der Waals surface area contributed by atoms with E-state index in [-0.39, 0.29) is 18.3 Å². The summed E-state index contributed by atoms with van der Waals surface area (Å²) in [6.45, 7) is 5.14. The molecule has 0 radical (unpaired) electrons. The molecule has 0 saturated carbocycles. The lowest BCUT2D eigenvalue weighted by atomic mass is 9.92. The lowest BCUT2D eigenvalue weighted by Crippen LogP contribution is -2.49. The van der Waals surface area contributed by atoms with E-state index < -0.39 is 5.72 Å². The zero-order chi connectivity index (χ0) is 24.0. The number of aliphatic hydroxyl groups excluding tert-OH is 1. The van der Waals surface area contributed by atoms with Gasteiger partial charge in [-0.3, -0.25) is 14.6 Å². The average molecular weight is 495 g/mol. The van der Waals surface area contributed by atoms with Crippen molar-refractivity contribution >= 4 is 17.5 Å². The molecule has 3 aromatic rings. The Morgan fingerprint density at radius 1 is 1.09 bits per heavy atom. The Bertz CT molecular complexity index is 1240. The first-order valence-electron chi connectivity index (χ1n) is 11.9. The van der Waals surface area contributed by atoms with Crippen LogP contribution in [-0.2, 0) is 17.0 Å². The number of halogens is 1. The predicted molar refractivity (Wildman–Crippen MR) is 129 cm³/mol. The van der Waals surface area contributed by atoms with Crippen LogP contribution in [0, 0.1) is 0 Å². The Balaban J connectivity index is 1.40. The maximum absolute atomic E-state index is 13.3. The van der Waals surface area contributed by atoms with Crippen LogP contribution in [0.4, 0.5) is 0 Å². The summed E-state index contributed by atoms with van der Waals surface area (Å²) < 4.78 is 8.27. The highest BCUT2D eigenvalue weighted by atomic mass is 35.5. The van der Waals surface area contributed by atoms with Gasteiger partial charge in [0.1, 0.15) is 5.82 Å². The Morgan fingerprint density at radius 3 is 2.66 bits per heavy atom. The SMILES string of the molecule is O=C(c1nc2n(n1)-c1ccc(Cl)cc1C1(c3ccccc3)OCCN1C2)N1CCN(CCO)CC1. The minimum atomic E-state index is -0.808. The molecule has 2 aromatic carbocycles. The van der Waals surface area contributed by atoms with Crippen LogP contribution in [0.3, 0.4) is 0 Å². The Morgan fingerprint density at radius 2 is 1.89 bits per heavy atom. The second-order valence-corrected chi connectivity index (χ2v) is 9.50. The minimum absolute atomic E-state index is 0.122. The molecule has 3 aliphatic heterocycles. The maximum atomic E-state index is 13.3. The fourth-order valence-corrected chi connectivity index (χ4v) is 5.57. The Labute approximate surface area is 208 Å². The Hall–Kier alpha value is -2.82. The van der Waals surface area contributed by atoms with E-state index in [1.54, 1.807) is 9.58 Å². The smallest absolute Gasteiger partial charge is 0.293 e. The Kier molecular flexibility index (Phi) is 5.82. The summed E-state index contributed by atoms with van der Waals surface area (Å²) in [5.74, 6) is 0.722. The van der Waals surface area contributed by atoms with E-state index in [0.717, 1.165) is 29.9 Å². The highest BCUT2D eigenvalue weighted by Gasteiger charge is 2.49. The first kappa shape index (κ1) is 22.6. The molecule has 1 aromatic heterocycles. The van der Waals surface area contributed by atoms with Gasteiger partial charge in [0.2, 0.25) is 5.82 Å². The number of amides is 1. The molecule has 182 valence electrons. The van der Waals surface area contributed by atoms with Crippen molar-refractivity contribution < 1.29 is 14.6 Å². The number of piperazine rings is 1. The van der Waals surface area contributed by atoms with Gasteiger partial charge in [0.25, 0.3) is 5.91 Å². The molecular formula is C25H27ClN6O3. The number of nitrogens with zero attached hydrogens (tertiary/aromatic N) is 6. The van der Waals surface area contributed by atoms with Crippen molar-refractivity contribution in [1.29, 1.82) is 0 Å². The van der Waals surface area contributed by atoms with E-state index >= 15 is 0 Å². The fraction of sp³-hybridized carbons (Fsp3) is 0.400. The van der Waals surface area contributed by atoms with Crippen LogP contribution >= 0.6 is 11.6 Å². The largest absolute Gasteiger partial charge is 0.395 e. The number of carbonyl (C=O) groups excluding carboxylic acids is 1. The molecule has 3 aliphatic rings. The number of β-amino-alcohol motifs (C(OH)–C–C–N with tert-alkyl or cyclic N) is 1. The van der Waals surface area contributed by atoms with Gasteiger partial charge in [-0.15, -0.1) is 5.10 Å². The second kappa shape index (κ2) is 9.00. The predicted octanol–water partition coefficient (Wildman–Crippen LogP) is 1.72. The molecule has 9 nitrogen and oxygen atoms in total. The van der Waals surface area contributed by atoms with Crippen molar-refractivity contribution in [1.82, 2.24) is 29.5 Å². The molecule has 0 spiro atoms. The summed E-state index contributed by atoms with van der Waals surface area (Å²) in [5.41, 5.74) is 1.90. The number of hydrogen-bond donors (Lipinski definition) is 1. The van der Waals surface area contributed by atoms with Gasteiger partial charge in [0.15, 0.2) is 5.72 Å². The summed E-state index contributed by atoms with van der Waals surface area (Å²) in [7, 11) is 0. The molecule has 6 rings (SSSR count). The van der Waals surface area contributed by atoms with Crippen LogP contribution in [0.5, 0.6) is 0 Å². The van der Waals surface area contributed by atoms with Gasteiger partial charge in [0, 0.05) is 55.4 Å². The van der Waals surface area contributed by atoms with Gasteiger partial charge >= 0.3 is 0 Å². The van der Waals surface area contributed by atoms with Crippen molar-refractivity contribution in [2.75, 3.05) is 52.5 Å². The quantitative estimate of drug-likeness (QED) is 0.591. The minimum Gasteiger partial charge on any atom is -0.395 e. The summed E-state index contributed by atoms with van der Waals surface area (Å²) in [4.78, 5) is 24.2. The number of aliphatic hydroxyl groups is 1. The zero-order valence-corrected chi connectivity index (χ0v) is 20.1. The molecule has 2 fully saturated rings. The second-order valence-electron chi connectivity index (χ2n) is 9.06. The lowest BCUT2D eigenvalue weighted by molar-refractivity contribution is -0.0551. The van der Waals surface area contributed by atoms with Gasteiger partial charge in [-0.25, -0.2) is 9.67 Å². The number of carbonyl (C=O) groups is 1. The number of rotatable bonds is 4. The van der Waals surface area contributed by atoms with Crippen LogP contribution in [0.15, 0.2) is 48.5 Å². The first-order valence-corrected chi connectivity index (χ1v) is 12.3. The summed E-state index contributed by atoms with van der Waals surface area (Å²) in [5, 5.41) is 14.5. The molecular weight excluding hydrogens is 468 g/mol. The number of benzene rings is 2. The highest BCUT2D eigenvalue weighted by Crippen LogP contribution is 2.46. The lowest BCUT2D eigenvalue weighted by Gasteiger charge is -2.37. The molecule has 4 heterocycles. The van der Waals surface area contributed by atoms with E-state index in [1.165, 1.54) is 0 Å². The average Bonchev–Trinajstić information content (AvgIpc) is 3.48. The summed E-state index contributed by atoms with van der Waals surface area (Å²) in [6, 6.07) is 15.8. The van der Waals surface area contributed by atoms with Gasteiger partial charge < -0.3 is 14.7 Å². The molecule has 0 aliphatic carbocycles. The molecule has 35 heavy (non-hydrogen) atoms. The van der Waals surface area contributed by atoms with Crippen molar-refractivity contribution in [3.05, 3.63) is 76.3 Å². The number of hydrogen-bond acceptors (Lipinski definition) is 7. The van der Waals surface area contributed by atoms with Crippen LogP contribution in [0.25, 0.3) is 5.69 Å². The molecule has 1 N–H and O–H groups in total.